The number of methoxy groups -OCH3 is 1. The van der Waals surface area contributed by atoms with Gasteiger partial charge in [0.2, 0.25) is 5.91 Å². The number of ether oxygens (including phenoxy) is 1. The molecule has 0 unspecified atom stereocenters. The lowest BCUT2D eigenvalue weighted by Gasteiger charge is -2.26. The Morgan fingerprint density at radius 3 is 2.50 bits per heavy atom. The average Bonchev–Trinajstić information content (AvgIpc) is 3.20. The molecule has 0 heterocycles. The molecule has 2 N–H and O–H groups in total. The van der Waals surface area contributed by atoms with Gasteiger partial charge in [-0.1, -0.05) is 12.1 Å². The van der Waals surface area contributed by atoms with Gasteiger partial charge < -0.3 is 10.5 Å². The Morgan fingerprint density at radius 2 is 2.06 bits per heavy atom. The largest absolute Gasteiger partial charge is 0.497 e. The molecule has 0 aliphatic heterocycles. The van der Waals surface area contributed by atoms with Crippen molar-refractivity contribution in [2.45, 2.75) is 38.4 Å². The van der Waals surface area contributed by atoms with Gasteiger partial charge in [-0.2, -0.15) is 0 Å². The number of rotatable bonds is 6. The first-order valence-corrected chi connectivity index (χ1v) is 6.30. The molecule has 98 valence electrons. The molecule has 1 aliphatic carbocycles. The van der Waals surface area contributed by atoms with Crippen molar-refractivity contribution in [2.24, 2.45) is 5.73 Å². The molecule has 4 nitrogen and oxygen atoms in total. The Kier molecular flexibility index (Phi) is 3.87. The standard InChI is InChI=1S/C14H20N2O2/c1-10(14(15)17)16(12-5-6-12)9-11-3-7-13(18-2)8-4-11/h3-4,7-8,10,12H,5-6,9H2,1-2H3,(H2,15,17)/t10-/m0/s1. The number of hydrogen-bond acceptors (Lipinski definition) is 3. The van der Waals surface area contributed by atoms with Crippen molar-refractivity contribution < 1.29 is 9.53 Å². The molecule has 1 atom stereocenters. The van der Waals surface area contributed by atoms with Crippen molar-refractivity contribution in [1.82, 2.24) is 4.90 Å². The summed E-state index contributed by atoms with van der Waals surface area (Å²) in [7, 11) is 1.65. The van der Waals surface area contributed by atoms with E-state index < -0.39 is 0 Å². The zero-order valence-corrected chi connectivity index (χ0v) is 10.9. The zero-order chi connectivity index (χ0) is 13.1. The topological polar surface area (TPSA) is 55.6 Å². The van der Waals surface area contributed by atoms with E-state index in [4.69, 9.17) is 10.5 Å². The molecule has 0 radical (unpaired) electrons. The van der Waals surface area contributed by atoms with E-state index in [1.807, 2.05) is 31.2 Å². The predicted molar refractivity (Wildman–Crippen MR) is 70.2 cm³/mol. The van der Waals surface area contributed by atoms with E-state index >= 15 is 0 Å². The highest BCUT2D eigenvalue weighted by Gasteiger charge is 2.34. The quantitative estimate of drug-likeness (QED) is 0.830. The minimum Gasteiger partial charge on any atom is -0.497 e. The Balaban J connectivity index is 2.05. The molecule has 18 heavy (non-hydrogen) atoms. The smallest absolute Gasteiger partial charge is 0.234 e. The van der Waals surface area contributed by atoms with Gasteiger partial charge in [-0.3, -0.25) is 9.69 Å². The maximum absolute atomic E-state index is 11.3. The van der Waals surface area contributed by atoms with Crippen LogP contribution in [0.2, 0.25) is 0 Å². The number of primary amides is 1. The van der Waals surface area contributed by atoms with Crippen molar-refractivity contribution >= 4 is 5.91 Å². The number of benzene rings is 1. The molecule has 0 spiro atoms. The van der Waals surface area contributed by atoms with E-state index in [1.165, 1.54) is 5.56 Å². The van der Waals surface area contributed by atoms with Crippen molar-refractivity contribution in [3.63, 3.8) is 0 Å². The molecule has 0 saturated heterocycles. The lowest BCUT2D eigenvalue weighted by molar-refractivity contribution is -0.123. The summed E-state index contributed by atoms with van der Waals surface area (Å²) in [5.41, 5.74) is 6.58. The second-order valence-electron chi connectivity index (χ2n) is 4.83. The van der Waals surface area contributed by atoms with E-state index in [1.54, 1.807) is 7.11 Å². The second kappa shape index (κ2) is 5.40. The van der Waals surface area contributed by atoms with E-state index in [0.29, 0.717) is 6.04 Å². The number of hydrogen-bond donors (Lipinski definition) is 1. The van der Waals surface area contributed by atoms with Crippen molar-refractivity contribution in [2.75, 3.05) is 7.11 Å². The monoisotopic (exact) mass is 248 g/mol. The lowest BCUT2D eigenvalue weighted by Crippen LogP contribution is -2.43. The fourth-order valence-corrected chi connectivity index (χ4v) is 2.09. The number of carbonyl (C=O) groups is 1. The average molecular weight is 248 g/mol. The van der Waals surface area contributed by atoms with Crippen LogP contribution in [0.4, 0.5) is 0 Å². The van der Waals surface area contributed by atoms with Crippen molar-refractivity contribution in [3.05, 3.63) is 29.8 Å². The van der Waals surface area contributed by atoms with Gasteiger partial charge in [0.25, 0.3) is 0 Å². The molecular weight excluding hydrogens is 228 g/mol. The lowest BCUT2D eigenvalue weighted by atomic mass is 10.1. The third kappa shape index (κ3) is 3.01. The fraction of sp³-hybridized carbons (Fsp3) is 0.500. The highest BCUT2D eigenvalue weighted by atomic mass is 16.5. The van der Waals surface area contributed by atoms with Gasteiger partial charge in [-0.15, -0.1) is 0 Å². The highest BCUT2D eigenvalue weighted by molar-refractivity contribution is 5.79. The number of nitrogens with two attached hydrogens (primary N) is 1. The Labute approximate surface area is 108 Å². The maximum Gasteiger partial charge on any atom is 0.234 e. The summed E-state index contributed by atoms with van der Waals surface area (Å²) in [5.74, 6) is 0.593. The van der Waals surface area contributed by atoms with Gasteiger partial charge in [0.05, 0.1) is 13.2 Å². The van der Waals surface area contributed by atoms with Gasteiger partial charge in [-0.05, 0) is 37.5 Å². The molecule has 4 heteroatoms. The van der Waals surface area contributed by atoms with Gasteiger partial charge >= 0.3 is 0 Å². The van der Waals surface area contributed by atoms with E-state index in [0.717, 1.165) is 25.1 Å². The number of amides is 1. The molecule has 1 amide bonds. The number of carbonyl (C=O) groups excluding carboxylic acids is 1. The van der Waals surface area contributed by atoms with E-state index in [2.05, 4.69) is 4.90 Å². The molecule has 2 rings (SSSR count). The minimum absolute atomic E-state index is 0.209. The highest BCUT2D eigenvalue weighted by Crippen LogP contribution is 2.30. The summed E-state index contributed by atoms with van der Waals surface area (Å²) in [6.45, 7) is 2.64. The summed E-state index contributed by atoms with van der Waals surface area (Å²) in [4.78, 5) is 13.5. The van der Waals surface area contributed by atoms with Crippen molar-refractivity contribution in [1.29, 1.82) is 0 Å². The SMILES string of the molecule is COc1ccc(CN(C2CC2)[C@@H](C)C(N)=O)cc1. The predicted octanol–water partition coefficient (Wildman–Crippen LogP) is 1.53. The van der Waals surface area contributed by atoms with Gasteiger partial charge in [0, 0.05) is 12.6 Å². The van der Waals surface area contributed by atoms with Gasteiger partial charge in [0.15, 0.2) is 0 Å². The Bertz CT molecular complexity index is 412. The molecule has 1 saturated carbocycles. The number of nitrogens with zero attached hydrogens (tertiary/aromatic N) is 1. The second-order valence-corrected chi connectivity index (χ2v) is 4.83. The first-order chi connectivity index (χ1) is 8.61. The summed E-state index contributed by atoms with van der Waals surface area (Å²) in [5, 5.41) is 0. The third-order valence-corrected chi connectivity index (χ3v) is 3.45. The maximum atomic E-state index is 11.3. The van der Waals surface area contributed by atoms with Crippen LogP contribution in [0.25, 0.3) is 0 Å². The van der Waals surface area contributed by atoms with E-state index in [-0.39, 0.29) is 11.9 Å². The first-order valence-electron chi connectivity index (χ1n) is 6.30. The fourth-order valence-electron chi connectivity index (χ4n) is 2.09. The first kappa shape index (κ1) is 12.9. The minimum atomic E-state index is -0.254. The normalized spacial score (nSPS) is 16.6. The van der Waals surface area contributed by atoms with Crippen LogP contribution in [0.5, 0.6) is 5.75 Å². The zero-order valence-electron chi connectivity index (χ0n) is 10.9. The molecule has 0 aromatic heterocycles. The summed E-state index contributed by atoms with van der Waals surface area (Å²) >= 11 is 0. The molecule has 1 fully saturated rings. The molecule has 1 aromatic rings. The van der Waals surface area contributed by atoms with Crippen LogP contribution >= 0.6 is 0 Å². The molecule has 1 aliphatic rings. The van der Waals surface area contributed by atoms with Crippen LogP contribution in [-0.4, -0.2) is 30.0 Å². The van der Waals surface area contributed by atoms with Crippen LogP contribution < -0.4 is 10.5 Å². The van der Waals surface area contributed by atoms with E-state index in [9.17, 15) is 4.79 Å². The third-order valence-electron chi connectivity index (χ3n) is 3.45. The summed E-state index contributed by atoms with van der Waals surface area (Å²) in [6, 6.07) is 8.24. The van der Waals surface area contributed by atoms with Crippen LogP contribution in [0.1, 0.15) is 25.3 Å². The van der Waals surface area contributed by atoms with Crippen LogP contribution in [0.3, 0.4) is 0 Å². The van der Waals surface area contributed by atoms with Crippen LogP contribution in [-0.2, 0) is 11.3 Å². The molecular formula is C14H20N2O2. The van der Waals surface area contributed by atoms with Gasteiger partial charge in [0.1, 0.15) is 5.75 Å². The summed E-state index contributed by atoms with van der Waals surface area (Å²) < 4.78 is 5.13. The van der Waals surface area contributed by atoms with Crippen molar-refractivity contribution in [3.8, 4) is 5.75 Å². The van der Waals surface area contributed by atoms with Crippen LogP contribution in [0, 0.1) is 0 Å². The Morgan fingerprint density at radius 1 is 1.44 bits per heavy atom. The van der Waals surface area contributed by atoms with Gasteiger partial charge in [-0.25, -0.2) is 0 Å². The summed E-state index contributed by atoms with van der Waals surface area (Å²) in [6.07, 6.45) is 2.32. The molecule has 1 aromatic carbocycles. The molecule has 0 bridgehead atoms. The van der Waals surface area contributed by atoms with Crippen LogP contribution in [0.15, 0.2) is 24.3 Å². The Hall–Kier alpha value is -1.55.